The van der Waals surface area contributed by atoms with Crippen LogP contribution in [0.4, 0.5) is 5.69 Å². The number of aliphatic hydroxyl groups is 1. The van der Waals surface area contributed by atoms with Gasteiger partial charge in [-0.25, -0.2) is 0 Å². The van der Waals surface area contributed by atoms with Gasteiger partial charge in [0.1, 0.15) is 0 Å². The molecule has 1 aromatic heterocycles. The van der Waals surface area contributed by atoms with Gasteiger partial charge in [-0.05, 0) is 56.2 Å². The number of aryl methyl sites for hydroxylation is 1. The number of benzene rings is 1. The lowest BCUT2D eigenvalue weighted by Crippen LogP contribution is -2.28. The normalized spacial score (nSPS) is 22.4. The number of carbonyl (C=O) groups excluding carboxylic acids is 1. The van der Waals surface area contributed by atoms with Crippen LogP contribution < -0.4 is 5.32 Å². The second kappa shape index (κ2) is 5.90. The zero-order chi connectivity index (χ0) is 14.8. The molecule has 1 saturated carbocycles. The number of aliphatic hydroxyl groups excluding tert-OH is 1. The molecule has 4 heteroatoms. The minimum Gasteiger partial charge on any atom is -0.393 e. The van der Waals surface area contributed by atoms with Crippen LogP contribution in [0.3, 0.4) is 0 Å². The predicted molar refractivity (Wildman–Crippen MR) is 84.2 cm³/mol. The second-order valence-electron chi connectivity index (χ2n) is 5.87. The van der Waals surface area contributed by atoms with Crippen LogP contribution in [0, 0.1) is 5.92 Å². The van der Waals surface area contributed by atoms with Crippen molar-refractivity contribution >= 4 is 22.5 Å². The van der Waals surface area contributed by atoms with Gasteiger partial charge in [0.2, 0.25) is 5.91 Å². The first-order valence-corrected chi connectivity index (χ1v) is 7.75. The number of amides is 1. The highest BCUT2D eigenvalue weighted by Crippen LogP contribution is 2.26. The van der Waals surface area contributed by atoms with E-state index in [0.29, 0.717) is 0 Å². The summed E-state index contributed by atoms with van der Waals surface area (Å²) in [6.07, 6.45) is 4.86. The standard InChI is InChI=1S/C17H22N2O2/c1-2-19-10-9-12-3-6-14(11-16(12)19)18-17(21)13-4-7-15(20)8-5-13/h3,6,9-11,13,15,20H,2,4-5,7-8H2,1H3,(H,18,21). The summed E-state index contributed by atoms with van der Waals surface area (Å²) in [5, 5.41) is 13.7. The number of hydrogen-bond donors (Lipinski definition) is 2. The lowest BCUT2D eigenvalue weighted by atomic mass is 9.87. The van der Waals surface area contributed by atoms with Crippen LogP contribution in [0.25, 0.3) is 10.9 Å². The lowest BCUT2D eigenvalue weighted by molar-refractivity contribution is -0.121. The van der Waals surface area contributed by atoms with Gasteiger partial charge in [-0.15, -0.1) is 0 Å². The topological polar surface area (TPSA) is 54.3 Å². The van der Waals surface area contributed by atoms with Crippen LogP contribution >= 0.6 is 0 Å². The number of nitrogens with zero attached hydrogens (tertiary/aromatic N) is 1. The zero-order valence-corrected chi connectivity index (χ0v) is 12.4. The molecule has 2 N–H and O–H groups in total. The Bertz CT molecular complexity index is 639. The molecule has 1 aromatic carbocycles. The fourth-order valence-corrected chi connectivity index (χ4v) is 3.12. The van der Waals surface area contributed by atoms with Gasteiger partial charge < -0.3 is 15.0 Å². The van der Waals surface area contributed by atoms with E-state index in [2.05, 4.69) is 29.1 Å². The summed E-state index contributed by atoms with van der Waals surface area (Å²) in [4.78, 5) is 12.3. The highest BCUT2D eigenvalue weighted by atomic mass is 16.3. The van der Waals surface area contributed by atoms with Crippen LogP contribution in [0.1, 0.15) is 32.6 Å². The molecular formula is C17H22N2O2. The van der Waals surface area contributed by atoms with Crippen LogP contribution in [0.5, 0.6) is 0 Å². The molecular weight excluding hydrogens is 264 g/mol. The summed E-state index contributed by atoms with van der Waals surface area (Å²) < 4.78 is 2.17. The summed E-state index contributed by atoms with van der Waals surface area (Å²) in [6, 6.07) is 8.13. The van der Waals surface area contributed by atoms with Crippen molar-refractivity contribution in [2.75, 3.05) is 5.32 Å². The number of nitrogens with one attached hydrogen (secondary N) is 1. The Morgan fingerprint density at radius 1 is 1.29 bits per heavy atom. The van der Waals surface area contributed by atoms with E-state index in [1.807, 2.05) is 18.2 Å². The summed E-state index contributed by atoms with van der Waals surface area (Å²) in [6.45, 7) is 3.03. The lowest BCUT2D eigenvalue weighted by Gasteiger charge is -2.24. The molecule has 0 spiro atoms. The van der Waals surface area contributed by atoms with E-state index in [-0.39, 0.29) is 17.9 Å². The molecule has 1 aliphatic rings. The molecule has 1 aliphatic carbocycles. The van der Waals surface area contributed by atoms with E-state index in [0.717, 1.165) is 43.4 Å². The number of hydrogen-bond acceptors (Lipinski definition) is 2. The van der Waals surface area contributed by atoms with Crippen molar-refractivity contribution in [3.63, 3.8) is 0 Å². The van der Waals surface area contributed by atoms with E-state index in [1.54, 1.807) is 0 Å². The third kappa shape index (κ3) is 2.95. The fourth-order valence-electron chi connectivity index (χ4n) is 3.12. The van der Waals surface area contributed by atoms with Crippen molar-refractivity contribution in [2.45, 2.75) is 45.3 Å². The first-order valence-electron chi connectivity index (χ1n) is 7.75. The first kappa shape index (κ1) is 14.1. The second-order valence-corrected chi connectivity index (χ2v) is 5.87. The molecule has 0 atom stereocenters. The van der Waals surface area contributed by atoms with E-state index in [9.17, 15) is 9.90 Å². The quantitative estimate of drug-likeness (QED) is 0.910. The Labute approximate surface area is 124 Å². The minimum absolute atomic E-state index is 0.0297. The van der Waals surface area contributed by atoms with Crippen molar-refractivity contribution in [3.05, 3.63) is 30.5 Å². The third-order valence-corrected chi connectivity index (χ3v) is 4.45. The van der Waals surface area contributed by atoms with E-state index < -0.39 is 0 Å². The number of anilines is 1. The number of aromatic nitrogens is 1. The molecule has 4 nitrogen and oxygen atoms in total. The van der Waals surface area contributed by atoms with Gasteiger partial charge in [-0.2, -0.15) is 0 Å². The highest BCUT2D eigenvalue weighted by molar-refractivity contribution is 5.95. The maximum atomic E-state index is 12.3. The Hall–Kier alpha value is -1.81. The molecule has 2 aromatic rings. The van der Waals surface area contributed by atoms with Gasteiger partial charge in [0.05, 0.1) is 11.6 Å². The Morgan fingerprint density at radius 3 is 2.76 bits per heavy atom. The molecule has 0 aliphatic heterocycles. The van der Waals surface area contributed by atoms with Gasteiger partial charge in [-0.1, -0.05) is 6.07 Å². The number of carbonyl (C=O) groups is 1. The minimum atomic E-state index is -0.224. The van der Waals surface area contributed by atoms with Gasteiger partial charge in [0, 0.05) is 24.3 Å². The molecule has 3 rings (SSSR count). The van der Waals surface area contributed by atoms with Gasteiger partial charge in [-0.3, -0.25) is 4.79 Å². The Kier molecular flexibility index (Phi) is 3.97. The summed E-state index contributed by atoms with van der Waals surface area (Å²) >= 11 is 0. The van der Waals surface area contributed by atoms with Crippen LogP contribution in [-0.4, -0.2) is 21.7 Å². The molecule has 0 unspecified atom stereocenters. The number of rotatable bonds is 3. The average Bonchev–Trinajstić information content (AvgIpc) is 2.90. The van der Waals surface area contributed by atoms with Crippen LogP contribution in [-0.2, 0) is 11.3 Å². The van der Waals surface area contributed by atoms with E-state index in [1.165, 1.54) is 5.39 Å². The first-order chi connectivity index (χ1) is 10.2. The fraction of sp³-hybridized carbons (Fsp3) is 0.471. The number of fused-ring (bicyclic) bond motifs is 1. The Morgan fingerprint density at radius 2 is 2.05 bits per heavy atom. The van der Waals surface area contributed by atoms with Crippen molar-refractivity contribution in [2.24, 2.45) is 5.92 Å². The molecule has 1 heterocycles. The molecule has 1 fully saturated rings. The van der Waals surface area contributed by atoms with Crippen molar-refractivity contribution in [3.8, 4) is 0 Å². The largest absolute Gasteiger partial charge is 0.393 e. The Balaban J connectivity index is 1.73. The van der Waals surface area contributed by atoms with Crippen LogP contribution in [0.15, 0.2) is 30.5 Å². The monoisotopic (exact) mass is 286 g/mol. The smallest absolute Gasteiger partial charge is 0.227 e. The molecule has 21 heavy (non-hydrogen) atoms. The zero-order valence-electron chi connectivity index (χ0n) is 12.4. The highest BCUT2D eigenvalue weighted by Gasteiger charge is 2.25. The molecule has 0 radical (unpaired) electrons. The van der Waals surface area contributed by atoms with E-state index in [4.69, 9.17) is 0 Å². The SMILES string of the molecule is CCn1ccc2ccc(NC(=O)C3CCC(O)CC3)cc21. The third-order valence-electron chi connectivity index (χ3n) is 4.45. The average molecular weight is 286 g/mol. The maximum Gasteiger partial charge on any atom is 0.227 e. The predicted octanol–water partition coefficient (Wildman–Crippen LogP) is 3.15. The molecule has 112 valence electrons. The summed E-state index contributed by atoms with van der Waals surface area (Å²) in [5.41, 5.74) is 2.00. The summed E-state index contributed by atoms with van der Waals surface area (Å²) in [7, 11) is 0. The van der Waals surface area contributed by atoms with Gasteiger partial charge in [0.25, 0.3) is 0 Å². The maximum absolute atomic E-state index is 12.3. The van der Waals surface area contributed by atoms with Gasteiger partial charge >= 0.3 is 0 Å². The molecule has 0 bridgehead atoms. The molecule has 0 saturated heterocycles. The van der Waals surface area contributed by atoms with Crippen molar-refractivity contribution in [1.82, 2.24) is 4.57 Å². The van der Waals surface area contributed by atoms with Crippen molar-refractivity contribution in [1.29, 1.82) is 0 Å². The van der Waals surface area contributed by atoms with Crippen LogP contribution in [0.2, 0.25) is 0 Å². The van der Waals surface area contributed by atoms with Crippen molar-refractivity contribution < 1.29 is 9.90 Å². The summed E-state index contributed by atoms with van der Waals surface area (Å²) in [5.74, 6) is 0.109. The van der Waals surface area contributed by atoms with Gasteiger partial charge in [0.15, 0.2) is 0 Å². The molecule has 1 amide bonds. The van der Waals surface area contributed by atoms with E-state index >= 15 is 0 Å².